The Morgan fingerprint density at radius 1 is 0.645 bits per heavy atom. The fourth-order valence-electron chi connectivity index (χ4n) is 4.33. The lowest BCUT2D eigenvalue weighted by Gasteiger charge is -2.21. The Hall–Kier alpha value is -0.990. The van der Waals surface area contributed by atoms with Gasteiger partial charge >= 0.3 is 0 Å². The number of aliphatic hydroxyl groups excluding tert-OH is 3. The highest BCUT2D eigenvalue weighted by Gasteiger charge is 2.23. The summed E-state index contributed by atoms with van der Waals surface area (Å²) in [4.78, 5) is -0.128. The molecule has 0 aromatic heterocycles. The van der Waals surface area contributed by atoms with Crippen LogP contribution in [0.5, 0.6) is 0 Å². The van der Waals surface area contributed by atoms with Crippen molar-refractivity contribution in [3.8, 4) is 0 Å². The summed E-state index contributed by atoms with van der Waals surface area (Å²) in [5.41, 5.74) is 2.60. The Kier molecular flexibility index (Phi) is 14.3. The highest BCUT2D eigenvalue weighted by atomic mass is 32.2. The van der Waals surface area contributed by atoms with E-state index < -0.39 is 10.1 Å². The summed E-state index contributed by atoms with van der Waals surface area (Å²) < 4.78 is 34.0. The molecule has 0 amide bonds. The minimum Gasteiger partial charge on any atom is -0.396 e. The van der Waals surface area contributed by atoms with Crippen molar-refractivity contribution in [1.82, 2.24) is 0 Å². The molecule has 0 aliphatic carbocycles. The summed E-state index contributed by atoms with van der Waals surface area (Å²) >= 11 is 0. The van der Waals surface area contributed by atoms with E-state index >= 15 is 0 Å². The first kappa shape index (κ1) is 28.0. The lowest BCUT2D eigenvalue weighted by molar-refractivity contribution is 0.288. The van der Waals surface area contributed by atoms with Gasteiger partial charge in [-0.15, -0.1) is 0 Å². The molecule has 7 heteroatoms. The zero-order valence-electron chi connectivity index (χ0n) is 19.1. The molecule has 0 atom stereocenters. The van der Waals surface area contributed by atoms with Gasteiger partial charge < -0.3 is 15.3 Å². The van der Waals surface area contributed by atoms with Crippen LogP contribution >= 0.6 is 0 Å². The van der Waals surface area contributed by atoms with Crippen molar-refractivity contribution in [3.05, 3.63) is 28.3 Å². The van der Waals surface area contributed by atoms with E-state index in [-0.39, 0.29) is 37.6 Å². The number of rotatable bonds is 18. The SMILES string of the molecule is CCCCCCCCCCCCc1c(S(=O)(=O)O)cc(CCO)c(CCO)c1CCO. The fourth-order valence-corrected chi connectivity index (χ4v) is 5.16. The standard InChI is InChI=1S/C24H42O6S/c1-2-3-4-5-6-7-8-9-10-11-12-23-22(15-18-27)21(14-17-26)20(13-16-25)19-24(23)31(28,29)30/h19,25-27H,2-18H2,1H3,(H,28,29,30). The van der Waals surface area contributed by atoms with Crippen molar-refractivity contribution in [2.75, 3.05) is 19.8 Å². The molecule has 0 heterocycles. The number of benzene rings is 1. The molecule has 0 saturated heterocycles. The molecule has 1 aromatic rings. The van der Waals surface area contributed by atoms with Crippen molar-refractivity contribution in [1.29, 1.82) is 0 Å². The largest absolute Gasteiger partial charge is 0.396 e. The summed E-state index contributed by atoms with van der Waals surface area (Å²) in [5.74, 6) is 0. The van der Waals surface area contributed by atoms with Crippen molar-refractivity contribution in [2.45, 2.75) is 102 Å². The van der Waals surface area contributed by atoms with Crippen LogP contribution in [0.25, 0.3) is 0 Å². The van der Waals surface area contributed by atoms with Crippen LogP contribution in [0.4, 0.5) is 0 Å². The van der Waals surface area contributed by atoms with Gasteiger partial charge in [-0.1, -0.05) is 64.7 Å². The molecule has 0 aliphatic heterocycles. The molecule has 1 aromatic carbocycles. The van der Waals surface area contributed by atoms with Crippen LogP contribution in [-0.2, 0) is 35.8 Å². The molecule has 6 nitrogen and oxygen atoms in total. The molecule has 0 radical (unpaired) electrons. The summed E-state index contributed by atoms with van der Waals surface area (Å²) in [6.45, 7) is 1.78. The molecular weight excluding hydrogens is 416 g/mol. The zero-order valence-corrected chi connectivity index (χ0v) is 19.9. The maximum absolute atomic E-state index is 12.1. The van der Waals surface area contributed by atoms with Crippen molar-refractivity contribution in [3.63, 3.8) is 0 Å². The van der Waals surface area contributed by atoms with Gasteiger partial charge in [-0.3, -0.25) is 4.55 Å². The van der Waals surface area contributed by atoms with E-state index in [1.165, 1.54) is 51.0 Å². The topological polar surface area (TPSA) is 115 Å². The highest BCUT2D eigenvalue weighted by molar-refractivity contribution is 7.85. The molecule has 0 spiro atoms. The smallest absolute Gasteiger partial charge is 0.294 e. The third-order valence-electron chi connectivity index (χ3n) is 5.88. The first-order valence-electron chi connectivity index (χ1n) is 11.9. The normalized spacial score (nSPS) is 11.9. The van der Waals surface area contributed by atoms with Crippen LogP contribution < -0.4 is 0 Å². The molecule has 0 saturated carbocycles. The molecule has 0 bridgehead atoms. The van der Waals surface area contributed by atoms with Gasteiger partial charge in [0.1, 0.15) is 0 Å². The van der Waals surface area contributed by atoms with Crippen LogP contribution in [0.15, 0.2) is 11.0 Å². The Morgan fingerprint density at radius 3 is 1.61 bits per heavy atom. The summed E-state index contributed by atoms with van der Waals surface area (Å²) in [5, 5.41) is 28.4. The minimum absolute atomic E-state index is 0.111. The molecule has 1 rings (SSSR count). The second-order valence-electron chi connectivity index (χ2n) is 8.30. The van der Waals surface area contributed by atoms with E-state index in [0.29, 0.717) is 29.5 Å². The van der Waals surface area contributed by atoms with E-state index in [4.69, 9.17) is 0 Å². The van der Waals surface area contributed by atoms with Gasteiger partial charge in [0, 0.05) is 19.8 Å². The van der Waals surface area contributed by atoms with Crippen LogP contribution in [0.1, 0.15) is 93.4 Å². The van der Waals surface area contributed by atoms with Crippen LogP contribution in [0, 0.1) is 0 Å². The van der Waals surface area contributed by atoms with Gasteiger partial charge in [0.25, 0.3) is 10.1 Å². The quantitative estimate of drug-likeness (QED) is 0.195. The molecular formula is C24H42O6S. The number of hydrogen-bond donors (Lipinski definition) is 4. The highest BCUT2D eigenvalue weighted by Crippen LogP contribution is 2.30. The Bertz CT molecular complexity index is 730. The lowest BCUT2D eigenvalue weighted by Crippen LogP contribution is -2.15. The molecule has 31 heavy (non-hydrogen) atoms. The number of unbranched alkanes of at least 4 members (excludes halogenated alkanes) is 9. The van der Waals surface area contributed by atoms with Gasteiger partial charge in [0.15, 0.2) is 0 Å². The maximum Gasteiger partial charge on any atom is 0.294 e. The Labute approximate surface area is 188 Å². The second-order valence-corrected chi connectivity index (χ2v) is 9.69. The van der Waals surface area contributed by atoms with Gasteiger partial charge in [-0.25, -0.2) is 0 Å². The van der Waals surface area contributed by atoms with Crippen LogP contribution in [0.3, 0.4) is 0 Å². The fraction of sp³-hybridized carbons (Fsp3) is 0.750. The van der Waals surface area contributed by atoms with Crippen LogP contribution in [-0.4, -0.2) is 48.1 Å². The van der Waals surface area contributed by atoms with Gasteiger partial charge in [-0.05, 0) is 60.4 Å². The second kappa shape index (κ2) is 15.8. The molecule has 4 N–H and O–H groups in total. The van der Waals surface area contributed by atoms with E-state index in [1.807, 2.05) is 0 Å². The first-order valence-corrected chi connectivity index (χ1v) is 13.3. The summed E-state index contributed by atoms with van der Waals surface area (Å²) in [6.07, 6.45) is 13.0. The Morgan fingerprint density at radius 2 is 1.13 bits per heavy atom. The van der Waals surface area contributed by atoms with E-state index in [0.717, 1.165) is 24.8 Å². The summed E-state index contributed by atoms with van der Waals surface area (Å²) in [7, 11) is -4.44. The Balaban J connectivity index is 2.90. The molecule has 180 valence electrons. The molecule has 0 unspecified atom stereocenters. The van der Waals surface area contributed by atoms with E-state index in [9.17, 15) is 28.3 Å². The monoisotopic (exact) mass is 458 g/mol. The maximum atomic E-state index is 12.1. The third-order valence-corrected chi connectivity index (χ3v) is 6.80. The van der Waals surface area contributed by atoms with Crippen molar-refractivity contribution < 1.29 is 28.3 Å². The van der Waals surface area contributed by atoms with E-state index in [2.05, 4.69) is 6.92 Å². The minimum atomic E-state index is -4.44. The van der Waals surface area contributed by atoms with Gasteiger partial charge in [0.05, 0.1) is 4.90 Å². The predicted octanol–water partition coefficient (Wildman–Crippen LogP) is 4.00. The molecule has 0 aliphatic rings. The van der Waals surface area contributed by atoms with Crippen molar-refractivity contribution >= 4 is 10.1 Å². The summed E-state index contributed by atoms with van der Waals surface area (Å²) in [6, 6.07) is 1.43. The van der Waals surface area contributed by atoms with Gasteiger partial charge in [0.2, 0.25) is 0 Å². The van der Waals surface area contributed by atoms with Crippen molar-refractivity contribution in [2.24, 2.45) is 0 Å². The van der Waals surface area contributed by atoms with Crippen LogP contribution in [0.2, 0.25) is 0 Å². The number of hydrogen-bond acceptors (Lipinski definition) is 5. The number of aliphatic hydroxyl groups is 3. The average Bonchev–Trinajstić information content (AvgIpc) is 2.72. The zero-order chi connectivity index (χ0) is 23.1. The average molecular weight is 459 g/mol. The molecule has 0 fully saturated rings. The first-order chi connectivity index (χ1) is 14.9. The van der Waals surface area contributed by atoms with Gasteiger partial charge in [-0.2, -0.15) is 8.42 Å². The third kappa shape index (κ3) is 10.00. The predicted molar refractivity (Wildman–Crippen MR) is 124 cm³/mol. The lowest BCUT2D eigenvalue weighted by atomic mass is 9.88. The van der Waals surface area contributed by atoms with E-state index in [1.54, 1.807) is 0 Å².